The Morgan fingerprint density at radius 1 is 1.56 bits per heavy atom. The second-order valence-corrected chi connectivity index (χ2v) is 2.04. The summed E-state index contributed by atoms with van der Waals surface area (Å²) >= 11 is 0. The molecule has 2 N–H and O–H groups in total. The van der Waals surface area contributed by atoms with Gasteiger partial charge >= 0.3 is 0 Å². The number of aliphatic hydroxyl groups excluding tert-OH is 2. The number of rotatable bonds is 4. The van der Waals surface area contributed by atoms with Crippen LogP contribution in [0.15, 0.2) is 0 Å². The van der Waals surface area contributed by atoms with Gasteiger partial charge in [-0.15, -0.1) is 0 Å². The molecule has 0 amide bonds. The Hall–Kier alpha value is -0.410. The second-order valence-electron chi connectivity index (χ2n) is 2.04. The first-order chi connectivity index (χ1) is 4.22. The molecule has 9 heavy (non-hydrogen) atoms. The van der Waals surface area contributed by atoms with Gasteiger partial charge in [-0.1, -0.05) is 6.92 Å². The van der Waals surface area contributed by atoms with Crippen molar-refractivity contribution < 1.29 is 15.0 Å². The number of hydrogen-bond donors (Lipinski definition) is 2. The standard InChI is InChI=1S/C6H12O3/c1-5(2-3-7)6(9)4-8/h5,7-8H,2-4H2,1H3. The lowest BCUT2D eigenvalue weighted by molar-refractivity contribution is -0.125. The van der Waals surface area contributed by atoms with E-state index in [1.807, 2.05) is 0 Å². The van der Waals surface area contributed by atoms with Crippen molar-refractivity contribution >= 4 is 5.78 Å². The highest BCUT2D eigenvalue weighted by Crippen LogP contribution is 2.00. The van der Waals surface area contributed by atoms with Gasteiger partial charge < -0.3 is 10.2 Å². The molecule has 0 aliphatic heterocycles. The van der Waals surface area contributed by atoms with E-state index in [1.165, 1.54) is 0 Å². The minimum absolute atomic E-state index is 0.00685. The smallest absolute Gasteiger partial charge is 0.161 e. The largest absolute Gasteiger partial charge is 0.396 e. The molecule has 0 heterocycles. The molecule has 0 spiro atoms. The van der Waals surface area contributed by atoms with E-state index >= 15 is 0 Å². The maximum atomic E-state index is 10.5. The van der Waals surface area contributed by atoms with Gasteiger partial charge in [0.2, 0.25) is 0 Å². The van der Waals surface area contributed by atoms with E-state index < -0.39 is 6.61 Å². The van der Waals surface area contributed by atoms with Crippen LogP contribution in [0.1, 0.15) is 13.3 Å². The lowest BCUT2D eigenvalue weighted by Crippen LogP contribution is -2.15. The number of hydrogen-bond acceptors (Lipinski definition) is 3. The summed E-state index contributed by atoms with van der Waals surface area (Å²) in [6.07, 6.45) is 0.444. The van der Waals surface area contributed by atoms with E-state index in [2.05, 4.69) is 0 Å². The van der Waals surface area contributed by atoms with E-state index in [-0.39, 0.29) is 18.3 Å². The fourth-order valence-electron chi connectivity index (χ4n) is 0.510. The van der Waals surface area contributed by atoms with Crippen molar-refractivity contribution in [2.75, 3.05) is 13.2 Å². The molecule has 1 unspecified atom stereocenters. The Morgan fingerprint density at radius 2 is 2.11 bits per heavy atom. The third-order valence-electron chi connectivity index (χ3n) is 1.27. The van der Waals surface area contributed by atoms with Gasteiger partial charge in [-0.2, -0.15) is 0 Å². The zero-order valence-corrected chi connectivity index (χ0v) is 5.50. The molecule has 0 saturated heterocycles. The van der Waals surface area contributed by atoms with Crippen LogP contribution in [0.5, 0.6) is 0 Å². The molecule has 0 fully saturated rings. The molecule has 0 aliphatic carbocycles. The zero-order valence-electron chi connectivity index (χ0n) is 5.50. The van der Waals surface area contributed by atoms with Gasteiger partial charge in [0.1, 0.15) is 6.61 Å². The molecule has 0 radical (unpaired) electrons. The van der Waals surface area contributed by atoms with Crippen molar-refractivity contribution in [3.63, 3.8) is 0 Å². The summed E-state index contributed by atoms with van der Waals surface area (Å²) in [7, 11) is 0. The van der Waals surface area contributed by atoms with Gasteiger partial charge in [-0.05, 0) is 6.42 Å². The molecule has 0 aliphatic rings. The first kappa shape index (κ1) is 8.59. The summed E-state index contributed by atoms with van der Waals surface area (Å²) in [6.45, 7) is 1.28. The molecule has 54 valence electrons. The summed E-state index contributed by atoms with van der Waals surface area (Å²) in [5.41, 5.74) is 0. The third-order valence-corrected chi connectivity index (χ3v) is 1.27. The molecular formula is C6H12O3. The first-order valence-electron chi connectivity index (χ1n) is 2.96. The highest BCUT2D eigenvalue weighted by molar-refractivity contribution is 5.81. The average molecular weight is 132 g/mol. The molecule has 0 rings (SSSR count). The van der Waals surface area contributed by atoms with Gasteiger partial charge in [0, 0.05) is 12.5 Å². The van der Waals surface area contributed by atoms with E-state index in [0.717, 1.165) is 0 Å². The summed E-state index contributed by atoms with van der Waals surface area (Å²) in [5.74, 6) is -0.413. The minimum Gasteiger partial charge on any atom is -0.396 e. The predicted octanol–water partition coefficient (Wildman–Crippen LogP) is -0.434. The Labute approximate surface area is 54.3 Å². The van der Waals surface area contributed by atoms with Crippen LogP contribution >= 0.6 is 0 Å². The summed E-state index contributed by atoms with van der Waals surface area (Å²) in [4.78, 5) is 10.5. The molecule has 0 bridgehead atoms. The third kappa shape index (κ3) is 3.21. The molecule has 3 heteroatoms. The average Bonchev–Trinajstić information content (AvgIpc) is 1.87. The van der Waals surface area contributed by atoms with Gasteiger partial charge in [0.25, 0.3) is 0 Å². The van der Waals surface area contributed by atoms with Crippen molar-refractivity contribution in [1.29, 1.82) is 0 Å². The Morgan fingerprint density at radius 3 is 2.44 bits per heavy atom. The Balaban J connectivity index is 3.45. The van der Waals surface area contributed by atoms with Crippen molar-refractivity contribution in [2.24, 2.45) is 5.92 Å². The molecular weight excluding hydrogens is 120 g/mol. The van der Waals surface area contributed by atoms with Crippen LogP contribution in [0.25, 0.3) is 0 Å². The molecule has 3 nitrogen and oxygen atoms in total. The van der Waals surface area contributed by atoms with Crippen LogP contribution in [0.2, 0.25) is 0 Å². The van der Waals surface area contributed by atoms with Gasteiger partial charge in [0.15, 0.2) is 5.78 Å². The fourth-order valence-corrected chi connectivity index (χ4v) is 0.510. The lowest BCUT2D eigenvalue weighted by Gasteiger charge is -2.03. The van der Waals surface area contributed by atoms with Crippen LogP contribution in [0.4, 0.5) is 0 Å². The summed E-state index contributed by atoms with van der Waals surface area (Å²) in [6, 6.07) is 0. The van der Waals surface area contributed by atoms with Crippen LogP contribution in [0.3, 0.4) is 0 Å². The SMILES string of the molecule is CC(CCO)C(=O)CO. The quantitative estimate of drug-likeness (QED) is 0.545. The molecule has 0 saturated carbocycles. The van der Waals surface area contributed by atoms with Crippen molar-refractivity contribution in [3.8, 4) is 0 Å². The van der Waals surface area contributed by atoms with Crippen LogP contribution in [0, 0.1) is 5.92 Å². The van der Waals surface area contributed by atoms with Gasteiger partial charge in [-0.25, -0.2) is 0 Å². The van der Waals surface area contributed by atoms with Crippen LogP contribution in [-0.4, -0.2) is 29.2 Å². The number of carbonyl (C=O) groups is 1. The van der Waals surface area contributed by atoms with Crippen LogP contribution < -0.4 is 0 Å². The molecule has 0 aromatic rings. The normalized spacial score (nSPS) is 13.2. The number of ketones is 1. The van der Waals surface area contributed by atoms with Crippen molar-refractivity contribution in [3.05, 3.63) is 0 Å². The van der Waals surface area contributed by atoms with Crippen LogP contribution in [-0.2, 0) is 4.79 Å². The highest BCUT2D eigenvalue weighted by atomic mass is 16.3. The van der Waals surface area contributed by atoms with E-state index in [9.17, 15) is 4.79 Å². The molecule has 1 atom stereocenters. The zero-order chi connectivity index (χ0) is 7.28. The number of aliphatic hydroxyl groups is 2. The first-order valence-corrected chi connectivity index (χ1v) is 2.96. The monoisotopic (exact) mass is 132 g/mol. The predicted molar refractivity (Wildman–Crippen MR) is 33.0 cm³/mol. The fraction of sp³-hybridized carbons (Fsp3) is 0.833. The topological polar surface area (TPSA) is 57.5 Å². The van der Waals surface area contributed by atoms with Gasteiger partial charge in [0.05, 0.1) is 0 Å². The van der Waals surface area contributed by atoms with E-state index in [4.69, 9.17) is 10.2 Å². The molecule has 0 aromatic carbocycles. The highest BCUT2D eigenvalue weighted by Gasteiger charge is 2.09. The Kier molecular flexibility index (Phi) is 4.26. The lowest BCUT2D eigenvalue weighted by atomic mass is 10.0. The van der Waals surface area contributed by atoms with Crippen molar-refractivity contribution in [2.45, 2.75) is 13.3 Å². The second kappa shape index (κ2) is 4.47. The molecule has 0 aromatic heterocycles. The van der Waals surface area contributed by atoms with Gasteiger partial charge in [-0.3, -0.25) is 4.79 Å². The van der Waals surface area contributed by atoms with E-state index in [1.54, 1.807) is 6.92 Å². The summed E-state index contributed by atoms with van der Waals surface area (Å²) in [5, 5.41) is 16.6. The number of carbonyl (C=O) groups excluding carboxylic acids is 1. The minimum atomic E-state index is -0.416. The Bertz CT molecular complexity index is 90.3. The maximum absolute atomic E-state index is 10.5. The van der Waals surface area contributed by atoms with Crippen molar-refractivity contribution in [1.82, 2.24) is 0 Å². The maximum Gasteiger partial charge on any atom is 0.161 e. The summed E-state index contributed by atoms with van der Waals surface area (Å²) < 4.78 is 0. The number of Topliss-reactive ketones (excluding diaryl/α,β-unsaturated/α-hetero) is 1. The van der Waals surface area contributed by atoms with E-state index in [0.29, 0.717) is 6.42 Å².